The number of ether oxygens (including phenoxy) is 1. The van der Waals surface area contributed by atoms with Gasteiger partial charge in [-0.25, -0.2) is 0 Å². The van der Waals surface area contributed by atoms with Gasteiger partial charge in [0.05, 0.1) is 11.8 Å². The van der Waals surface area contributed by atoms with Crippen molar-refractivity contribution in [2.45, 2.75) is 45.1 Å². The fraction of sp³-hybridized carbons (Fsp3) is 0.706. The summed E-state index contributed by atoms with van der Waals surface area (Å²) >= 11 is 0. The van der Waals surface area contributed by atoms with Gasteiger partial charge < -0.3 is 14.5 Å². The smallest absolute Gasteiger partial charge is 0.222 e. The topological polar surface area (TPSA) is 58.6 Å². The van der Waals surface area contributed by atoms with Crippen molar-refractivity contribution in [3.63, 3.8) is 0 Å². The van der Waals surface area contributed by atoms with Crippen LogP contribution in [0.15, 0.2) is 12.1 Å². The Hall–Kier alpha value is -1.69. The van der Waals surface area contributed by atoms with Crippen LogP contribution in [-0.2, 0) is 9.53 Å². The minimum absolute atomic E-state index is 0.261. The number of carbonyl (C=O) groups is 1. The molecule has 2 aliphatic heterocycles. The molecule has 6 heteroatoms. The van der Waals surface area contributed by atoms with E-state index in [1.807, 2.05) is 24.0 Å². The predicted octanol–water partition coefficient (Wildman–Crippen LogP) is 1.78. The minimum atomic E-state index is 0.261. The van der Waals surface area contributed by atoms with E-state index in [-0.39, 0.29) is 5.91 Å². The van der Waals surface area contributed by atoms with Crippen molar-refractivity contribution in [2.24, 2.45) is 0 Å². The Morgan fingerprint density at radius 2 is 2.13 bits per heavy atom. The molecule has 0 spiro atoms. The second-order valence-electron chi connectivity index (χ2n) is 6.43. The summed E-state index contributed by atoms with van der Waals surface area (Å²) in [6.07, 6.45) is 4.98. The van der Waals surface area contributed by atoms with E-state index in [1.165, 1.54) is 0 Å². The molecule has 1 atom stereocenters. The van der Waals surface area contributed by atoms with Crippen LogP contribution in [0.1, 0.15) is 37.8 Å². The molecule has 1 amide bonds. The zero-order valence-electron chi connectivity index (χ0n) is 13.9. The number of amides is 1. The van der Waals surface area contributed by atoms with E-state index in [4.69, 9.17) is 4.74 Å². The zero-order valence-corrected chi connectivity index (χ0v) is 13.9. The third-order valence-electron chi connectivity index (χ3n) is 4.66. The first-order valence-corrected chi connectivity index (χ1v) is 8.67. The average Bonchev–Trinajstić information content (AvgIpc) is 2.96. The van der Waals surface area contributed by atoms with Crippen molar-refractivity contribution >= 4 is 11.7 Å². The zero-order chi connectivity index (χ0) is 16.1. The van der Waals surface area contributed by atoms with Crippen molar-refractivity contribution in [2.75, 3.05) is 37.7 Å². The summed E-state index contributed by atoms with van der Waals surface area (Å²) < 4.78 is 5.61. The lowest BCUT2D eigenvalue weighted by Gasteiger charge is -2.23. The van der Waals surface area contributed by atoms with Gasteiger partial charge in [-0.15, -0.1) is 5.10 Å². The molecule has 1 aromatic heterocycles. The Morgan fingerprint density at radius 3 is 2.87 bits per heavy atom. The van der Waals surface area contributed by atoms with E-state index in [1.54, 1.807) is 0 Å². The summed E-state index contributed by atoms with van der Waals surface area (Å²) in [6.45, 7) is 6.14. The second kappa shape index (κ2) is 7.73. The van der Waals surface area contributed by atoms with Crippen LogP contribution in [0.5, 0.6) is 0 Å². The monoisotopic (exact) mass is 318 g/mol. The van der Waals surface area contributed by atoms with Gasteiger partial charge in [-0.05, 0) is 44.7 Å². The highest BCUT2D eigenvalue weighted by Gasteiger charge is 2.22. The molecule has 0 saturated carbocycles. The standard InChI is InChI=1S/C17H26N4O2/c1-14-5-7-16(19-18-14)20-9-3-10-21(12-11-20)17(22)8-6-15-4-2-13-23-15/h5,7,15H,2-4,6,8-13H2,1H3/t15-/m0/s1. The molecular weight excluding hydrogens is 292 g/mol. The SMILES string of the molecule is Cc1ccc(N2CCCN(C(=O)CC[C@@H]3CCCO3)CC2)nn1. The van der Waals surface area contributed by atoms with E-state index in [0.29, 0.717) is 12.5 Å². The molecule has 23 heavy (non-hydrogen) atoms. The van der Waals surface area contributed by atoms with Gasteiger partial charge in [0.15, 0.2) is 5.82 Å². The summed E-state index contributed by atoms with van der Waals surface area (Å²) in [6, 6.07) is 4.00. The van der Waals surface area contributed by atoms with Gasteiger partial charge >= 0.3 is 0 Å². The summed E-state index contributed by atoms with van der Waals surface area (Å²) in [5.41, 5.74) is 0.925. The molecule has 0 aromatic carbocycles. The van der Waals surface area contributed by atoms with Crippen LogP contribution in [0.25, 0.3) is 0 Å². The number of carbonyl (C=O) groups excluding carboxylic acids is 1. The third kappa shape index (κ3) is 4.41. The van der Waals surface area contributed by atoms with Crippen LogP contribution in [0, 0.1) is 6.92 Å². The lowest BCUT2D eigenvalue weighted by molar-refractivity contribution is -0.131. The largest absolute Gasteiger partial charge is 0.378 e. The van der Waals surface area contributed by atoms with E-state index in [0.717, 1.165) is 70.0 Å². The summed E-state index contributed by atoms with van der Waals surface area (Å²) in [5.74, 6) is 1.17. The number of anilines is 1. The van der Waals surface area contributed by atoms with Gasteiger partial charge in [0.2, 0.25) is 5.91 Å². The molecule has 126 valence electrons. The van der Waals surface area contributed by atoms with Crippen molar-refractivity contribution in [1.29, 1.82) is 0 Å². The predicted molar refractivity (Wildman–Crippen MR) is 88.4 cm³/mol. The molecule has 0 unspecified atom stereocenters. The first kappa shape index (κ1) is 16.2. The van der Waals surface area contributed by atoms with Gasteiger partial charge in [-0.3, -0.25) is 4.79 Å². The normalized spacial score (nSPS) is 22.2. The molecule has 1 aromatic rings. The van der Waals surface area contributed by atoms with Crippen LogP contribution in [0.2, 0.25) is 0 Å². The van der Waals surface area contributed by atoms with Gasteiger partial charge in [-0.2, -0.15) is 5.10 Å². The van der Waals surface area contributed by atoms with Crippen LogP contribution >= 0.6 is 0 Å². The van der Waals surface area contributed by atoms with Gasteiger partial charge in [0.25, 0.3) is 0 Å². The first-order valence-electron chi connectivity index (χ1n) is 8.67. The number of nitrogens with zero attached hydrogens (tertiary/aromatic N) is 4. The van der Waals surface area contributed by atoms with Crippen molar-refractivity contribution in [3.8, 4) is 0 Å². The Bertz CT molecular complexity index is 514. The van der Waals surface area contributed by atoms with E-state index < -0.39 is 0 Å². The molecule has 2 fully saturated rings. The lowest BCUT2D eigenvalue weighted by atomic mass is 10.1. The number of hydrogen-bond acceptors (Lipinski definition) is 5. The summed E-state index contributed by atoms with van der Waals surface area (Å²) in [4.78, 5) is 16.6. The maximum atomic E-state index is 12.4. The maximum Gasteiger partial charge on any atom is 0.222 e. The lowest BCUT2D eigenvalue weighted by Crippen LogP contribution is -2.35. The number of hydrogen-bond donors (Lipinski definition) is 0. The third-order valence-corrected chi connectivity index (χ3v) is 4.66. The Morgan fingerprint density at radius 1 is 1.22 bits per heavy atom. The Labute approximate surface area is 137 Å². The van der Waals surface area contributed by atoms with Crippen LogP contribution in [-0.4, -0.2) is 59.9 Å². The molecule has 2 saturated heterocycles. The number of rotatable bonds is 4. The van der Waals surface area contributed by atoms with Gasteiger partial charge in [0.1, 0.15) is 0 Å². The summed E-state index contributed by atoms with van der Waals surface area (Å²) in [7, 11) is 0. The maximum absolute atomic E-state index is 12.4. The molecule has 3 heterocycles. The van der Waals surface area contributed by atoms with Crippen LogP contribution < -0.4 is 4.90 Å². The number of aromatic nitrogens is 2. The highest BCUT2D eigenvalue weighted by atomic mass is 16.5. The molecular formula is C17H26N4O2. The van der Waals surface area contributed by atoms with Crippen LogP contribution in [0.4, 0.5) is 5.82 Å². The van der Waals surface area contributed by atoms with Gasteiger partial charge in [0, 0.05) is 39.2 Å². The highest BCUT2D eigenvalue weighted by Crippen LogP contribution is 2.18. The van der Waals surface area contributed by atoms with Gasteiger partial charge in [-0.1, -0.05) is 0 Å². The quantitative estimate of drug-likeness (QED) is 0.847. The van der Waals surface area contributed by atoms with Crippen LogP contribution in [0.3, 0.4) is 0 Å². The van der Waals surface area contributed by atoms with Crippen molar-refractivity contribution in [1.82, 2.24) is 15.1 Å². The molecule has 3 rings (SSSR count). The Kier molecular flexibility index (Phi) is 5.43. The molecule has 0 radical (unpaired) electrons. The number of aryl methyl sites for hydroxylation is 1. The first-order chi connectivity index (χ1) is 11.2. The minimum Gasteiger partial charge on any atom is -0.378 e. The Balaban J connectivity index is 1.49. The van der Waals surface area contributed by atoms with Crippen molar-refractivity contribution in [3.05, 3.63) is 17.8 Å². The van der Waals surface area contributed by atoms with E-state index in [9.17, 15) is 4.79 Å². The van der Waals surface area contributed by atoms with Crippen molar-refractivity contribution < 1.29 is 9.53 Å². The molecule has 0 bridgehead atoms. The fourth-order valence-corrected chi connectivity index (χ4v) is 3.27. The molecule has 0 aliphatic carbocycles. The molecule has 2 aliphatic rings. The molecule has 0 N–H and O–H groups in total. The highest BCUT2D eigenvalue weighted by molar-refractivity contribution is 5.76. The average molecular weight is 318 g/mol. The van der Waals surface area contributed by atoms with E-state index >= 15 is 0 Å². The second-order valence-corrected chi connectivity index (χ2v) is 6.43. The molecule has 6 nitrogen and oxygen atoms in total. The summed E-state index contributed by atoms with van der Waals surface area (Å²) in [5, 5.41) is 8.38. The fourth-order valence-electron chi connectivity index (χ4n) is 3.27. The van der Waals surface area contributed by atoms with E-state index in [2.05, 4.69) is 15.1 Å².